The zero-order valence-corrected chi connectivity index (χ0v) is 27.8. The van der Waals surface area contributed by atoms with Crippen LogP contribution in [0.25, 0.3) is 0 Å². The van der Waals surface area contributed by atoms with E-state index in [2.05, 4.69) is 57.7 Å². The summed E-state index contributed by atoms with van der Waals surface area (Å²) in [5, 5.41) is 15.4. The molecule has 3 N–H and O–H groups in total. The van der Waals surface area contributed by atoms with Crippen molar-refractivity contribution in [2.24, 2.45) is 5.92 Å². The van der Waals surface area contributed by atoms with E-state index in [1.165, 1.54) is 12.5 Å². The van der Waals surface area contributed by atoms with Gasteiger partial charge in [-0.1, -0.05) is 80.1 Å². The molecule has 2 amide bonds. The van der Waals surface area contributed by atoms with E-state index in [1.54, 1.807) is 0 Å². The fourth-order valence-corrected chi connectivity index (χ4v) is 6.39. The molecule has 47 heavy (non-hydrogen) atoms. The van der Waals surface area contributed by atoms with Gasteiger partial charge >= 0.3 is 0 Å². The number of benzene rings is 3. The number of aliphatic hydroxyl groups is 1. The number of hydrogen-bond donors (Lipinski definition) is 3. The number of aliphatic hydroxyl groups excluding tert-OH is 1. The Morgan fingerprint density at radius 1 is 0.830 bits per heavy atom. The van der Waals surface area contributed by atoms with Crippen LogP contribution in [0, 0.1) is 5.92 Å². The van der Waals surface area contributed by atoms with Crippen LogP contribution in [0.4, 0.5) is 5.69 Å². The van der Waals surface area contributed by atoms with Crippen molar-refractivity contribution in [2.75, 3.05) is 44.6 Å². The maximum Gasteiger partial charge on any atom is 0.224 e. The summed E-state index contributed by atoms with van der Waals surface area (Å²) in [6.07, 6.45) is 2.06. The molecular weight excluding hydrogens is 592 g/mol. The topological polar surface area (TPSA) is 103 Å². The number of anilines is 1. The lowest BCUT2D eigenvalue weighted by atomic mass is 9.90. The van der Waals surface area contributed by atoms with Gasteiger partial charge in [0.1, 0.15) is 0 Å². The Bertz CT molecular complexity index is 1410. The number of hydrogen-bond acceptors (Lipinski definition) is 7. The van der Waals surface area contributed by atoms with Gasteiger partial charge in [-0.05, 0) is 41.7 Å². The van der Waals surface area contributed by atoms with E-state index >= 15 is 0 Å². The van der Waals surface area contributed by atoms with E-state index in [9.17, 15) is 14.7 Å². The third kappa shape index (κ3) is 10.4. The van der Waals surface area contributed by atoms with Crippen molar-refractivity contribution in [1.29, 1.82) is 0 Å². The van der Waals surface area contributed by atoms with E-state index in [4.69, 9.17) is 9.47 Å². The van der Waals surface area contributed by atoms with Crippen molar-refractivity contribution < 1.29 is 24.2 Å². The van der Waals surface area contributed by atoms with E-state index in [-0.39, 0.29) is 36.5 Å². The van der Waals surface area contributed by atoms with Gasteiger partial charge in [-0.15, -0.1) is 0 Å². The van der Waals surface area contributed by atoms with Crippen LogP contribution in [0.2, 0.25) is 0 Å². The van der Waals surface area contributed by atoms with Gasteiger partial charge in [-0.2, -0.15) is 0 Å². The maximum absolute atomic E-state index is 12.7. The van der Waals surface area contributed by atoms with Crippen LogP contribution in [0.5, 0.6) is 0 Å². The van der Waals surface area contributed by atoms with Gasteiger partial charge in [0.25, 0.3) is 0 Å². The van der Waals surface area contributed by atoms with Crippen molar-refractivity contribution in [1.82, 2.24) is 15.1 Å². The average molecular weight is 643 g/mol. The third-order valence-corrected chi connectivity index (χ3v) is 9.17. The maximum atomic E-state index is 12.7. The van der Waals surface area contributed by atoms with Crippen molar-refractivity contribution in [2.45, 2.75) is 71.2 Å². The Hall–Kier alpha value is -3.60. The van der Waals surface area contributed by atoms with Crippen molar-refractivity contribution >= 4 is 17.5 Å². The first-order valence-corrected chi connectivity index (χ1v) is 17.0. The monoisotopic (exact) mass is 642 g/mol. The van der Waals surface area contributed by atoms with Gasteiger partial charge in [0.15, 0.2) is 6.29 Å². The molecule has 9 nitrogen and oxygen atoms in total. The first-order valence-electron chi connectivity index (χ1n) is 17.0. The first kappa shape index (κ1) is 34.7. The Balaban J connectivity index is 1.22. The molecule has 2 aliphatic heterocycles. The number of carbonyl (C=O) groups excluding carboxylic acids is 2. The summed E-state index contributed by atoms with van der Waals surface area (Å²) >= 11 is 0. The third-order valence-electron chi connectivity index (χ3n) is 9.17. The SMILES string of the molecule is CC(=O)NCCCCCC(=O)Nc1cccc([C@@H]2O[C@H](CN3CCN(Cc4ccccc4)CC3)[C@H](C)[C@H](c3ccc(CO)cc3)O2)c1. The number of nitrogens with zero attached hydrogens (tertiary/aromatic N) is 2. The quantitative estimate of drug-likeness (QED) is 0.202. The molecule has 2 fully saturated rings. The van der Waals surface area contributed by atoms with Gasteiger partial charge in [-0.25, -0.2) is 0 Å². The van der Waals surface area contributed by atoms with Gasteiger partial charge < -0.3 is 25.2 Å². The van der Waals surface area contributed by atoms with Crippen LogP contribution in [-0.2, 0) is 32.2 Å². The normalized spacial score (nSPS) is 22.1. The highest BCUT2D eigenvalue weighted by molar-refractivity contribution is 5.90. The predicted molar refractivity (Wildman–Crippen MR) is 183 cm³/mol. The molecule has 0 unspecified atom stereocenters. The number of nitrogens with one attached hydrogen (secondary N) is 2. The molecule has 2 heterocycles. The van der Waals surface area contributed by atoms with Gasteiger partial charge in [-0.3, -0.25) is 19.4 Å². The standard InChI is InChI=1S/C38H50N4O5/c1-28-35(26-42-22-20-41(21-23-42)25-30-10-5-3-6-11-30)46-38(47-37(28)32-17-15-31(27-43)16-18-32)33-12-9-13-34(24-33)40-36(45)14-7-4-8-19-39-29(2)44/h3,5-6,9-13,15-18,24,28,35,37-38,43H,4,7-8,14,19-23,25-27H2,1-2H3,(H,39,44)(H,40,45)/t28-,35+,37+,38+/m0/s1. The van der Waals surface area contributed by atoms with Gasteiger partial charge in [0.2, 0.25) is 11.8 Å². The van der Waals surface area contributed by atoms with E-state index in [0.717, 1.165) is 75.2 Å². The molecule has 0 spiro atoms. The fraction of sp³-hybridized carbons (Fsp3) is 0.474. The second-order valence-electron chi connectivity index (χ2n) is 12.9. The van der Waals surface area contributed by atoms with Gasteiger partial charge in [0.05, 0.1) is 18.8 Å². The number of ether oxygens (including phenoxy) is 2. The van der Waals surface area contributed by atoms with Crippen molar-refractivity contribution in [3.8, 4) is 0 Å². The molecule has 0 radical (unpaired) electrons. The smallest absolute Gasteiger partial charge is 0.224 e. The van der Waals surface area contributed by atoms with E-state index < -0.39 is 6.29 Å². The summed E-state index contributed by atoms with van der Waals surface area (Å²) in [6.45, 7) is 10.1. The molecule has 5 rings (SSSR count). The second kappa shape index (κ2) is 17.5. The molecule has 3 aromatic rings. The molecule has 252 valence electrons. The van der Waals surface area contributed by atoms with Crippen LogP contribution < -0.4 is 10.6 Å². The summed E-state index contributed by atoms with van der Waals surface area (Å²) in [5.74, 6) is 0.0339. The molecule has 9 heteroatoms. The van der Waals surface area contributed by atoms with Crippen molar-refractivity contribution in [3.05, 3.63) is 101 Å². The lowest BCUT2D eigenvalue weighted by Crippen LogP contribution is -2.51. The highest BCUT2D eigenvalue weighted by atomic mass is 16.7. The minimum atomic E-state index is -0.594. The molecule has 4 atom stereocenters. The predicted octanol–water partition coefficient (Wildman–Crippen LogP) is 5.42. The largest absolute Gasteiger partial charge is 0.392 e. The Morgan fingerprint density at radius 2 is 1.57 bits per heavy atom. The molecule has 0 aromatic heterocycles. The van der Waals surface area contributed by atoms with E-state index in [1.807, 2.05) is 48.5 Å². The number of unbranched alkanes of at least 4 members (excludes halogenated alkanes) is 2. The minimum absolute atomic E-state index is 0.00154. The highest BCUT2D eigenvalue weighted by Gasteiger charge is 2.39. The zero-order valence-electron chi connectivity index (χ0n) is 27.8. The van der Waals surface area contributed by atoms with E-state index in [0.29, 0.717) is 18.7 Å². The number of piperazine rings is 1. The number of carbonyl (C=O) groups is 2. The molecular formula is C38H50N4O5. The first-order chi connectivity index (χ1) is 22.9. The summed E-state index contributed by atoms with van der Waals surface area (Å²) in [5.41, 5.74) is 4.85. The fourth-order valence-electron chi connectivity index (χ4n) is 6.39. The molecule has 2 aliphatic rings. The van der Waals surface area contributed by atoms with Crippen LogP contribution in [0.15, 0.2) is 78.9 Å². The summed E-state index contributed by atoms with van der Waals surface area (Å²) in [7, 11) is 0. The Kier molecular flexibility index (Phi) is 12.9. The Labute approximate surface area is 279 Å². The molecule has 0 saturated carbocycles. The number of amides is 2. The lowest BCUT2D eigenvalue weighted by Gasteiger charge is -2.44. The average Bonchev–Trinajstić information content (AvgIpc) is 3.08. The van der Waals surface area contributed by atoms with Gasteiger partial charge in [0, 0.05) is 76.3 Å². The molecule has 0 bridgehead atoms. The molecule has 0 aliphatic carbocycles. The summed E-state index contributed by atoms with van der Waals surface area (Å²) in [6, 6.07) is 26.4. The lowest BCUT2D eigenvalue weighted by molar-refractivity contribution is -0.276. The minimum Gasteiger partial charge on any atom is -0.392 e. The van der Waals surface area contributed by atoms with Crippen molar-refractivity contribution in [3.63, 3.8) is 0 Å². The van der Waals surface area contributed by atoms with Crippen LogP contribution in [-0.4, -0.2) is 72.1 Å². The van der Waals surface area contributed by atoms with Crippen LogP contribution in [0.3, 0.4) is 0 Å². The van der Waals surface area contributed by atoms with Crippen LogP contribution in [0.1, 0.15) is 74.2 Å². The van der Waals surface area contributed by atoms with Crippen LogP contribution >= 0.6 is 0 Å². The highest BCUT2D eigenvalue weighted by Crippen LogP contribution is 2.42. The Morgan fingerprint density at radius 3 is 2.30 bits per heavy atom. The zero-order chi connectivity index (χ0) is 33.0. The number of rotatable bonds is 14. The summed E-state index contributed by atoms with van der Waals surface area (Å²) in [4.78, 5) is 28.7. The summed E-state index contributed by atoms with van der Waals surface area (Å²) < 4.78 is 13.4. The molecule has 2 saturated heterocycles. The molecule has 3 aromatic carbocycles. The second-order valence-corrected chi connectivity index (χ2v) is 12.9.